The SMILES string of the molecule is CCCC(N[C]=O)C1CCCCC1. The summed E-state index contributed by atoms with van der Waals surface area (Å²) in [4.78, 5) is 10.3. The van der Waals surface area contributed by atoms with Crippen molar-refractivity contribution in [3.8, 4) is 0 Å². The number of hydrogen-bond donors (Lipinski definition) is 1. The monoisotopic (exact) mass is 182 g/mol. The topological polar surface area (TPSA) is 29.1 Å². The minimum absolute atomic E-state index is 0.391. The summed E-state index contributed by atoms with van der Waals surface area (Å²) in [6, 6.07) is 0.391. The molecule has 1 amide bonds. The van der Waals surface area contributed by atoms with Crippen molar-refractivity contribution in [2.45, 2.75) is 57.9 Å². The lowest BCUT2D eigenvalue weighted by molar-refractivity contribution is 0.275. The van der Waals surface area contributed by atoms with Gasteiger partial charge in [0.2, 0.25) is 0 Å². The van der Waals surface area contributed by atoms with Crippen LogP contribution in [0.4, 0.5) is 0 Å². The molecule has 0 aromatic carbocycles. The minimum atomic E-state index is 0.391. The standard InChI is InChI=1S/C11H20NO/c1-2-6-11(12-9-13)10-7-4-3-5-8-10/h10-11H,2-8H2,1H3,(H,12,13). The van der Waals surface area contributed by atoms with Crippen LogP contribution in [-0.4, -0.2) is 12.5 Å². The van der Waals surface area contributed by atoms with Gasteiger partial charge in [-0.05, 0) is 25.2 Å². The maximum absolute atomic E-state index is 10.3. The lowest BCUT2D eigenvalue weighted by Crippen LogP contribution is -2.36. The normalized spacial score (nSPS) is 21.0. The summed E-state index contributed by atoms with van der Waals surface area (Å²) >= 11 is 0. The molecule has 1 rings (SSSR count). The molecule has 2 nitrogen and oxygen atoms in total. The van der Waals surface area contributed by atoms with E-state index in [1.807, 2.05) is 6.41 Å². The predicted molar refractivity (Wildman–Crippen MR) is 54.1 cm³/mol. The Morgan fingerprint density at radius 3 is 2.62 bits per heavy atom. The molecule has 75 valence electrons. The Bertz CT molecular complexity index is 141. The van der Waals surface area contributed by atoms with Crippen LogP contribution in [0.1, 0.15) is 51.9 Å². The van der Waals surface area contributed by atoms with Gasteiger partial charge in [0.1, 0.15) is 0 Å². The number of hydrogen-bond acceptors (Lipinski definition) is 1. The van der Waals surface area contributed by atoms with Crippen molar-refractivity contribution in [3.05, 3.63) is 0 Å². The van der Waals surface area contributed by atoms with E-state index < -0.39 is 0 Å². The fraction of sp³-hybridized carbons (Fsp3) is 0.909. The Morgan fingerprint density at radius 2 is 2.08 bits per heavy atom. The Hall–Kier alpha value is -0.530. The second kappa shape index (κ2) is 6.01. The summed E-state index contributed by atoms with van der Waals surface area (Å²) in [6.45, 7) is 2.17. The molecular formula is C11H20NO. The first kappa shape index (κ1) is 10.6. The summed E-state index contributed by atoms with van der Waals surface area (Å²) in [5.41, 5.74) is 0. The molecule has 0 aromatic rings. The second-order valence-corrected chi connectivity index (χ2v) is 4.04. The van der Waals surface area contributed by atoms with Crippen molar-refractivity contribution in [2.75, 3.05) is 0 Å². The summed E-state index contributed by atoms with van der Waals surface area (Å²) < 4.78 is 0. The van der Waals surface area contributed by atoms with Crippen LogP contribution in [-0.2, 0) is 4.79 Å². The molecule has 13 heavy (non-hydrogen) atoms. The lowest BCUT2D eigenvalue weighted by Gasteiger charge is -2.29. The third-order valence-corrected chi connectivity index (χ3v) is 3.06. The smallest absolute Gasteiger partial charge is 0.309 e. The van der Waals surface area contributed by atoms with Gasteiger partial charge in [0.05, 0.1) is 0 Å². The largest absolute Gasteiger partial charge is 0.345 e. The van der Waals surface area contributed by atoms with E-state index >= 15 is 0 Å². The van der Waals surface area contributed by atoms with E-state index in [1.165, 1.54) is 32.1 Å². The molecule has 1 saturated carbocycles. The van der Waals surface area contributed by atoms with Crippen LogP contribution in [0.5, 0.6) is 0 Å². The van der Waals surface area contributed by atoms with E-state index in [9.17, 15) is 4.79 Å². The van der Waals surface area contributed by atoms with Crippen LogP contribution in [0.15, 0.2) is 0 Å². The average Bonchev–Trinajstić information content (AvgIpc) is 2.19. The van der Waals surface area contributed by atoms with Crippen LogP contribution in [0.3, 0.4) is 0 Å². The maximum atomic E-state index is 10.3. The number of rotatable bonds is 5. The Kier molecular flexibility index (Phi) is 4.87. The van der Waals surface area contributed by atoms with Crippen LogP contribution < -0.4 is 5.32 Å². The molecule has 1 aliphatic rings. The fourth-order valence-corrected chi connectivity index (χ4v) is 2.35. The highest BCUT2D eigenvalue weighted by Crippen LogP contribution is 2.27. The minimum Gasteiger partial charge on any atom is -0.345 e. The first-order valence-electron chi connectivity index (χ1n) is 5.51. The van der Waals surface area contributed by atoms with Gasteiger partial charge in [-0.2, -0.15) is 0 Å². The molecule has 0 aliphatic heterocycles. The van der Waals surface area contributed by atoms with Crippen molar-refractivity contribution >= 4 is 6.41 Å². The fourth-order valence-electron chi connectivity index (χ4n) is 2.35. The molecular weight excluding hydrogens is 162 g/mol. The highest BCUT2D eigenvalue weighted by atomic mass is 16.1. The predicted octanol–water partition coefficient (Wildman–Crippen LogP) is 2.39. The van der Waals surface area contributed by atoms with E-state index in [4.69, 9.17) is 0 Å². The summed E-state index contributed by atoms with van der Waals surface area (Å²) in [5.74, 6) is 0.718. The van der Waals surface area contributed by atoms with Gasteiger partial charge in [0.25, 0.3) is 0 Å². The van der Waals surface area contributed by atoms with Crippen molar-refractivity contribution in [1.29, 1.82) is 0 Å². The zero-order valence-corrected chi connectivity index (χ0v) is 8.51. The first-order valence-corrected chi connectivity index (χ1v) is 5.51. The maximum Gasteiger partial charge on any atom is 0.309 e. The van der Waals surface area contributed by atoms with Gasteiger partial charge in [-0.25, -0.2) is 0 Å². The molecule has 1 fully saturated rings. The van der Waals surface area contributed by atoms with Crippen molar-refractivity contribution < 1.29 is 4.79 Å². The van der Waals surface area contributed by atoms with Gasteiger partial charge in [0, 0.05) is 6.04 Å². The lowest BCUT2D eigenvalue weighted by atomic mass is 9.82. The number of carbonyl (C=O) groups excluding carboxylic acids is 1. The first-order chi connectivity index (χ1) is 6.38. The third kappa shape index (κ3) is 3.37. The average molecular weight is 182 g/mol. The van der Waals surface area contributed by atoms with E-state index in [1.54, 1.807) is 0 Å². The zero-order chi connectivity index (χ0) is 9.52. The molecule has 0 spiro atoms. The van der Waals surface area contributed by atoms with Gasteiger partial charge >= 0.3 is 6.41 Å². The molecule has 1 N–H and O–H groups in total. The molecule has 0 aromatic heterocycles. The van der Waals surface area contributed by atoms with Gasteiger partial charge in [-0.3, -0.25) is 4.79 Å². The highest BCUT2D eigenvalue weighted by Gasteiger charge is 2.22. The quantitative estimate of drug-likeness (QED) is 0.650. The molecule has 0 saturated heterocycles. The second-order valence-electron chi connectivity index (χ2n) is 4.04. The Labute approximate surface area is 81.1 Å². The van der Waals surface area contributed by atoms with E-state index in [-0.39, 0.29) is 0 Å². The molecule has 1 aliphatic carbocycles. The number of amides is 1. The van der Waals surface area contributed by atoms with E-state index in [0.717, 1.165) is 18.8 Å². The number of nitrogens with one attached hydrogen (secondary N) is 1. The molecule has 1 radical (unpaired) electrons. The third-order valence-electron chi connectivity index (χ3n) is 3.06. The molecule has 2 heteroatoms. The van der Waals surface area contributed by atoms with Crippen LogP contribution >= 0.6 is 0 Å². The van der Waals surface area contributed by atoms with E-state index in [0.29, 0.717) is 6.04 Å². The van der Waals surface area contributed by atoms with Crippen molar-refractivity contribution in [2.24, 2.45) is 5.92 Å². The summed E-state index contributed by atoms with van der Waals surface area (Å²) in [7, 11) is 0. The van der Waals surface area contributed by atoms with Crippen LogP contribution in [0, 0.1) is 5.92 Å². The molecule has 1 atom stereocenters. The van der Waals surface area contributed by atoms with Crippen molar-refractivity contribution in [1.82, 2.24) is 5.32 Å². The molecule has 0 heterocycles. The van der Waals surface area contributed by atoms with Crippen molar-refractivity contribution in [3.63, 3.8) is 0 Å². The highest BCUT2D eigenvalue weighted by molar-refractivity contribution is 5.47. The van der Waals surface area contributed by atoms with Crippen LogP contribution in [0.2, 0.25) is 0 Å². The van der Waals surface area contributed by atoms with Gasteiger partial charge < -0.3 is 5.32 Å². The van der Waals surface area contributed by atoms with Gasteiger partial charge in [-0.1, -0.05) is 32.6 Å². The van der Waals surface area contributed by atoms with Gasteiger partial charge in [0.15, 0.2) is 0 Å². The van der Waals surface area contributed by atoms with Crippen LogP contribution in [0.25, 0.3) is 0 Å². The van der Waals surface area contributed by atoms with Gasteiger partial charge in [-0.15, -0.1) is 0 Å². The summed E-state index contributed by atoms with van der Waals surface area (Å²) in [5, 5.41) is 2.85. The molecule has 1 unspecified atom stereocenters. The Balaban J connectivity index is 2.36. The van der Waals surface area contributed by atoms with E-state index in [2.05, 4.69) is 12.2 Å². The Morgan fingerprint density at radius 1 is 1.38 bits per heavy atom. The molecule has 0 bridgehead atoms. The zero-order valence-electron chi connectivity index (χ0n) is 8.51. The summed E-state index contributed by atoms with van der Waals surface area (Å²) in [6.07, 6.45) is 10.7.